The van der Waals surface area contributed by atoms with Crippen LogP contribution in [0.5, 0.6) is 0 Å². The Morgan fingerprint density at radius 2 is 1.32 bits per heavy atom. The van der Waals surface area contributed by atoms with E-state index in [1.165, 1.54) is 0 Å². The molecule has 340 valence electrons. The third kappa shape index (κ3) is 8.95. The van der Waals surface area contributed by atoms with E-state index in [-0.39, 0.29) is 48.0 Å². The van der Waals surface area contributed by atoms with E-state index in [1.807, 2.05) is 35.2 Å². The minimum absolute atomic E-state index is 0.00746. The van der Waals surface area contributed by atoms with Crippen LogP contribution in [0.4, 0.5) is 11.9 Å². The first-order chi connectivity index (χ1) is 31.9. The molecule has 3 fully saturated rings. The number of nitrogens with two attached hydrogens (primary N) is 1. The zero-order chi connectivity index (χ0) is 46.1. The number of hydrogen-bond donors (Lipinski definition) is 3. The SMILES string of the molecule is C[C@H](Nc1nccc(-c2cccc(-c3cc([C@@H]4CCN(C)C4=O)on3)n2)n1)C(=O)N1CCCC(c2cc(-c3cc([C@@H]4CCN(C)C4=O)on3)nc(-c3ccnc(N[C@@](C)(C=O)CN)n3)c2)C1. The van der Waals surface area contributed by atoms with Crippen LogP contribution >= 0.6 is 0 Å². The zero-order valence-electron chi connectivity index (χ0n) is 37.0. The quantitative estimate of drug-likeness (QED) is 0.130. The van der Waals surface area contributed by atoms with Crippen LogP contribution in [0.15, 0.2) is 76.0 Å². The number of carbonyl (C=O) groups is 4. The fraction of sp³-hybridized carbons (Fsp3) is 0.391. The molecule has 66 heavy (non-hydrogen) atoms. The first kappa shape index (κ1) is 43.8. The molecule has 5 atom stereocenters. The lowest BCUT2D eigenvalue weighted by Crippen LogP contribution is -2.46. The molecule has 0 aromatic carbocycles. The number of pyridine rings is 2. The lowest BCUT2D eigenvalue weighted by atomic mass is 9.89. The molecule has 3 amide bonds. The largest absolute Gasteiger partial charge is 0.360 e. The number of aldehydes is 1. The maximum Gasteiger partial charge on any atom is 0.244 e. The van der Waals surface area contributed by atoms with Crippen LogP contribution in [0, 0.1) is 0 Å². The van der Waals surface area contributed by atoms with Crippen LogP contribution in [0.25, 0.3) is 45.6 Å². The molecular weight excluding hydrogens is 845 g/mol. The number of carbonyl (C=O) groups excluding carboxylic acids is 4. The Labute approximate surface area is 379 Å². The van der Waals surface area contributed by atoms with Crippen molar-refractivity contribution in [2.24, 2.45) is 5.73 Å². The van der Waals surface area contributed by atoms with Crippen molar-refractivity contribution in [1.29, 1.82) is 0 Å². The number of hydrogen-bond acceptors (Lipinski definition) is 17. The van der Waals surface area contributed by atoms with Crippen molar-refractivity contribution in [3.8, 4) is 45.6 Å². The van der Waals surface area contributed by atoms with Crippen molar-refractivity contribution in [2.45, 2.75) is 68.9 Å². The van der Waals surface area contributed by atoms with E-state index in [9.17, 15) is 19.2 Å². The van der Waals surface area contributed by atoms with Gasteiger partial charge in [0.15, 0.2) is 0 Å². The maximum atomic E-state index is 14.2. The highest BCUT2D eigenvalue weighted by molar-refractivity contribution is 5.86. The number of nitrogens with zero attached hydrogens (tertiary/aromatic N) is 11. The molecule has 0 bridgehead atoms. The van der Waals surface area contributed by atoms with Crippen molar-refractivity contribution in [3.05, 3.63) is 84.1 Å². The van der Waals surface area contributed by atoms with Gasteiger partial charge in [0.1, 0.15) is 52.6 Å². The van der Waals surface area contributed by atoms with Crippen LogP contribution in [0.1, 0.15) is 74.4 Å². The van der Waals surface area contributed by atoms with Crippen molar-refractivity contribution >= 4 is 35.9 Å². The van der Waals surface area contributed by atoms with Crippen LogP contribution in [-0.4, -0.2) is 137 Å². The maximum absolute atomic E-state index is 14.2. The highest BCUT2D eigenvalue weighted by Crippen LogP contribution is 2.36. The molecule has 3 saturated heterocycles. The highest BCUT2D eigenvalue weighted by Gasteiger charge is 2.36. The molecule has 3 aliphatic heterocycles. The summed E-state index contributed by atoms with van der Waals surface area (Å²) in [6.07, 6.45) is 6.76. The van der Waals surface area contributed by atoms with Gasteiger partial charge in [-0.25, -0.2) is 29.9 Å². The predicted molar refractivity (Wildman–Crippen MR) is 240 cm³/mol. The topological polar surface area (TPSA) is 257 Å². The molecule has 20 nitrogen and oxygen atoms in total. The summed E-state index contributed by atoms with van der Waals surface area (Å²) in [5, 5.41) is 14.8. The smallest absolute Gasteiger partial charge is 0.244 e. The summed E-state index contributed by atoms with van der Waals surface area (Å²) in [5.74, 6) is 0.456. The van der Waals surface area contributed by atoms with Gasteiger partial charge in [-0.1, -0.05) is 16.4 Å². The molecule has 9 heterocycles. The van der Waals surface area contributed by atoms with E-state index >= 15 is 0 Å². The molecule has 3 aliphatic rings. The van der Waals surface area contributed by atoms with E-state index in [2.05, 4.69) is 30.9 Å². The second-order valence-corrected chi connectivity index (χ2v) is 17.4. The van der Waals surface area contributed by atoms with Gasteiger partial charge in [0.2, 0.25) is 29.6 Å². The molecule has 0 aliphatic carbocycles. The normalized spacial score (nSPS) is 20.1. The summed E-state index contributed by atoms with van der Waals surface area (Å²) in [7, 11) is 3.55. The average Bonchev–Trinajstić information content (AvgIpc) is 4.17. The summed E-state index contributed by atoms with van der Waals surface area (Å²) in [6, 6.07) is 15.7. The lowest BCUT2D eigenvalue weighted by Gasteiger charge is -2.35. The molecule has 20 heteroatoms. The van der Waals surface area contributed by atoms with Crippen molar-refractivity contribution in [3.63, 3.8) is 0 Å². The standard InChI is InChI=1S/C46H50N14O6/c1-26(50-44-48-14-10-33(53-44)31-8-5-9-32(51-31)37-21-39(65-56-37)29-12-17-58(3)42(29)63)41(62)60-16-6-7-27(23-60)28-19-35(34-11-15-49-45(54-34)55-46(2,24-47)25-61)52-36(20-28)38-22-40(66-57-38)30-13-18-59(4)43(30)64/h5,8-11,14-15,19-22,25-27,29-30H,6-7,12-13,16-18,23-24,47H2,1-4H3,(H,48,50,53)(H,49,54,55)/t26-,27?,29-,30-,46+/m0/s1. The van der Waals surface area contributed by atoms with Gasteiger partial charge in [-0.15, -0.1) is 0 Å². The molecule has 0 spiro atoms. The first-order valence-corrected chi connectivity index (χ1v) is 22.0. The minimum Gasteiger partial charge on any atom is -0.360 e. The zero-order valence-corrected chi connectivity index (χ0v) is 37.0. The van der Waals surface area contributed by atoms with E-state index < -0.39 is 17.5 Å². The van der Waals surface area contributed by atoms with Gasteiger partial charge in [-0.2, -0.15) is 0 Å². The van der Waals surface area contributed by atoms with Gasteiger partial charge >= 0.3 is 0 Å². The Kier molecular flexibility index (Phi) is 12.1. The predicted octanol–water partition coefficient (Wildman–Crippen LogP) is 4.13. The van der Waals surface area contributed by atoms with Crippen molar-refractivity contribution < 1.29 is 28.2 Å². The number of aromatic nitrogens is 8. The van der Waals surface area contributed by atoms with Gasteiger partial charge < -0.3 is 44.9 Å². The summed E-state index contributed by atoms with van der Waals surface area (Å²) < 4.78 is 11.3. The second kappa shape index (κ2) is 18.2. The van der Waals surface area contributed by atoms with Gasteiger partial charge in [0, 0.05) is 77.3 Å². The van der Waals surface area contributed by atoms with E-state index in [0.717, 1.165) is 24.7 Å². The molecule has 0 saturated carbocycles. The lowest BCUT2D eigenvalue weighted by molar-refractivity contribution is -0.133. The van der Waals surface area contributed by atoms with Crippen LogP contribution in [-0.2, 0) is 19.2 Å². The van der Waals surface area contributed by atoms with Crippen molar-refractivity contribution in [1.82, 2.24) is 54.9 Å². The summed E-state index contributed by atoms with van der Waals surface area (Å²) in [5.41, 5.74) is 9.87. The van der Waals surface area contributed by atoms with Gasteiger partial charge in [0.25, 0.3) is 0 Å². The van der Waals surface area contributed by atoms with Gasteiger partial charge in [0.05, 0.1) is 34.2 Å². The number of nitrogens with one attached hydrogen (secondary N) is 2. The Morgan fingerprint density at radius 1 is 0.773 bits per heavy atom. The van der Waals surface area contributed by atoms with E-state index in [1.54, 1.807) is 74.4 Å². The third-order valence-corrected chi connectivity index (χ3v) is 12.6. The molecular formula is C46H50N14O6. The van der Waals surface area contributed by atoms with Crippen molar-refractivity contribution in [2.75, 3.05) is 57.5 Å². The molecule has 1 unspecified atom stereocenters. The summed E-state index contributed by atoms with van der Waals surface area (Å²) in [6.45, 7) is 5.76. The number of likely N-dealkylation sites (N-methyl/N-ethyl adjacent to an activating group) is 2. The monoisotopic (exact) mass is 894 g/mol. The first-order valence-electron chi connectivity index (χ1n) is 22.0. The summed E-state index contributed by atoms with van der Waals surface area (Å²) in [4.78, 5) is 84.5. The Hall–Kier alpha value is -7.48. The number of likely N-dealkylation sites (tertiary alicyclic amines) is 3. The molecule has 0 radical (unpaired) electrons. The van der Waals surface area contributed by atoms with Crippen LogP contribution < -0.4 is 16.4 Å². The summed E-state index contributed by atoms with van der Waals surface area (Å²) >= 11 is 0. The second-order valence-electron chi connectivity index (χ2n) is 17.4. The van der Waals surface area contributed by atoms with Crippen LogP contribution in [0.2, 0.25) is 0 Å². The number of anilines is 2. The fourth-order valence-electron chi connectivity index (χ4n) is 8.59. The molecule has 4 N–H and O–H groups in total. The third-order valence-electron chi connectivity index (χ3n) is 12.6. The highest BCUT2D eigenvalue weighted by atomic mass is 16.5. The molecule has 6 aromatic rings. The Morgan fingerprint density at radius 3 is 1.92 bits per heavy atom. The minimum atomic E-state index is -1.08. The molecule has 9 rings (SSSR count). The molecule has 6 aromatic heterocycles. The number of rotatable bonds is 14. The van der Waals surface area contributed by atoms with E-state index in [0.29, 0.717) is 96.1 Å². The Balaban J connectivity index is 0.930. The Bertz CT molecular complexity index is 2790. The number of amides is 3. The van der Waals surface area contributed by atoms with E-state index in [4.69, 9.17) is 34.7 Å². The van der Waals surface area contributed by atoms with Crippen LogP contribution in [0.3, 0.4) is 0 Å². The average molecular weight is 895 g/mol. The van der Waals surface area contributed by atoms with Gasteiger partial charge in [-0.3, -0.25) is 14.4 Å². The van der Waals surface area contributed by atoms with Gasteiger partial charge in [-0.05, 0) is 81.5 Å². The fourth-order valence-corrected chi connectivity index (χ4v) is 8.59. The number of piperidine rings is 1.